The minimum atomic E-state index is -1.75. The van der Waals surface area contributed by atoms with Crippen molar-refractivity contribution in [1.82, 2.24) is 9.97 Å². The predicted molar refractivity (Wildman–Crippen MR) is 220 cm³/mol. The minimum absolute atomic E-state index is 0. The molecule has 0 radical (unpaired) electrons. The van der Waals surface area contributed by atoms with E-state index in [0.717, 1.165) is 45.6 Å². The van der Waals surface area contributed by atoms with Gasteiger partial charge in [0.05, 0.1) is 41.7 Å². The predicted octanol–water partition coefficient (Wildman–Crippen LogP) is 2.94. The molecule has 0 saturated heterocycles. The van der Waals surface area contributed by atoms with Gasteiger partial charge in [-0.05, 0) is 48.5 Å². The Bertz CT molecular complexity index is 2010. The zero-order valence-electron chi connectivity index (χ0n) is 33.8. The summed E-state index contributed by atoms with van der Waals surface area (Å²) in [6, 6.07) is 37.6. The summed E-state index contributed by atoms with van der Waals surface area (Å²) in [6.07, 6.45) is 7.60. The number of aromatic nitrogens is 6. The Morgan fingerprint density at radius 1 is 0.353 bits per heavy atom. The van der Waals surface area contributed by atoms with E-state index in [0.29, 0.717) is 0 Å². The van der Waals surface area contributed by atoms with E-state index in [-0.39, 0.29) is 35.6 Å². The Hall–Kier alpha value is -10.0. The fraction of sp³-hybridized carbons (Fsp3) is 0.0312. The van der Waals surface area contributed by atoms with Gasteiger partial charge in [-0.15, -0.1) is 0 Å². The summed E-state index contributed by atoms with van der Waals surface area (Å²) < 4.78 is 0. The number of aromatic amines is 4. The van der Waals surface area contributed by atoms with Crippen molar-refractivity contribution in [1.29, 1.82) is 5.26 Å². The molecule has 6 aromatic rings. The first-order valence-electron chi connectivity index (χ1n) is 16.2. The molecule has 0 aliphatic rings. The molecule has 0 aliphatic heterocycles. The molecule has 356 valence electrons. The van der Waals surface area contributed by atoms with Crippen molar-refractivity contribution in [2.45, 2.75) is 6.92 Å². The maximum Gasteiger partial charge on any atom is 3.00 e. The average Bonchev–Trinajstić information content (AvgIpc) is 3.24. The maximum absolute atomic E-state index is 8.25. The molecule has 36 heteroatoms. The largest absolute Gasteiger partial charge is 3.00 e. The maximum atomic E-state index is 8.25. The third-order valence-electron chi connectivity index (χ3n) is 5.44. The number of rotatable bonds is 4. The molecule has 0 unspecified atom stereocenters. The van der Waals surface area contributed by atoms with E-state index in [9.17, 15) is 0 Å². The van der Waals surface area contributed by atoms with Gasteiger partial charge < -0.3 is 107 Å². The van der Waals surface area contributed by atoms with E-state index < -0.39 is 35.6 Å². The van der Waals surface area contributed by atoms with Crippen LogP contribution in [0.15, 0.2) is 134 Å². The molecule has 0 fully saturated rings. The molecule has 0 aromatic carbocycles. The second kappa shape index (κ2) is 43.6. The quantitative estimate of drug-likeness (QED) is 0.181. The fourth-order valence-electron chi connectivity index (χ4n) is 3.68. The Balaban J connectivity index is -0.000000243. The molecule has 6 aromatic heterocycles. The summed E-state index contributed by atoms with van der Waals surface area (Å²) in [4.78, 5) is 79.8. The topological polar surface area (TPSA) is 570 Å². The normalized spacial score (nSPS) is 8.00. The number of H-pyrrole nitrogens is 4. The van der Waals surface area contributed by atoms with Crippen LogP contribution in [0.1, 0.15) is 6.92 Å². The molecular weight excluding hydrogens is 1060 g/mol. The van der Waals surface area contributed by atoms with Gasteiger partial charge in [-0.2, -0.15) is 5.26 Å². The van der Waals surface area contributed by atoms with Crippen LogP contribution in [-0.2, 0) is 0 Å². The molecule has 6 heterocycles. The van der Waals surface area contributed by atoms with Crippen LogP contribution in [0.3, 0.4) is 0 Å². The van der Waals surface area contributed by atoms with E-state index in [1.54, 1.807) is 6.07 Å². The van der Waals surface area contributed by atoms with E-state index in [1.165, 1.54) is 6.92 Å². The van der Waals surface area contributed by atoms with Crippen molar-refractivity contribution in [3.63, 3.8) is 0 Å². The van der Waals surface area contributed by atoms with Crippen LogP contribution in [0.4, 0.5) is 0 Å². The standard InChI is InChI=1S/2C15H11N3.C2H3N.La.7NO3/c2*1-3-10-16-12(6-1)14-8-5-9-15(18-14)13-7-2-4-11-17-13;1-2-3;;7*2-1(3)4/h2*1-11H;1H3;;;;;;;;/q;;;+3;7*-1/p+4. The summed E-state index contributed by atoms with van der Waals surface area (Å²) >= 11 is 0. The van der Waals surface area contributed by atoms with Crippen LogP contribution >= 0.6 is 0 Å². The first kappa shape index (κ1) is 67.1. The second-order valence-electron chi connectivity index (χ2n) is 9.71. The van der Waals surface area contributed by atoms with Gasteiger partial charge in [0.2, 0.25) is 22.8 Å². The van der Waals surface area contributed by atoms with Crippen LogP contribution in [0.25, 0.3) is 45.6 Å². The van der Waals surface area contributed by atoms with Gasteiger partial charge >= 0.3 is 35.6 Å². The minimum Gasteiger partial charge on any atom is -0.356 e. The van der Waals surface area contributed by atoms with E-state index in [4.69, 9.17) is 113 Å². The van der Waals surface area contributed by atoms with Crippen molar-refractivity contribution >= 4 is 0 Å². The average molecular weight is 1080 g/mol. The molecular formula is C32H29LaN14O21. The molecule has 0 saturated carbocycles. The second-order valence-corrected chi connectivity index (χ2v) is 9.71. The molecule has 4 N–H and O–H groups in total. The first-order valence-corrected chi connectivity index (χ1v) is 16.2. The fourth-order valence-corrected chi connectivity index (χ4v) is 3.68. The summed E-state index contributed by atoms with van der Waals surface area (Å²) in [7, 11) is 0. The number of hydrogen-bond donors (Lipinski definition) is 0. The zero-order valence-corrected chi connectivity index (χ0v) is 37.5. The molecule has 0 bridgehead atoms. The number of nitriles is 1. The summed E-state index contributed by atoms with van der Waals surface area (Å²) in [5.41, 5.74) is 7.78. The van der Waals surface area contributed by atoms with Gasteiger partial charge in [-0.25, -0.2) is 29.9 Å². The molecule has 6 rings (SSSR count). The molecule has 35 nitrogen and oxygen atoms in total. The van der Waals surface area contributed by atoms with Crippen LogP contribution in [-0.4, -0.2) is 45.6 Å². The van der Waals surface area contributed by atoms with Gasteiger partial charge in [0.1, 0.15) is 22.8 Å². The Morgan fingerprint density at radius 3 is 0.618 bits per heavy atom. The Morgan fingerprint density at radius 2 is 0.500 bits per heavy atom. The van der Waals surface area contributed by atoms with Gasteiger partial charge in [-0.1, -0.05) is 12.1 Å². The van der Waals surface area contributed by atoms with Gasteiger partial charge in [-0.3, -0.25) is 0 Å². The molecule has 0 spiro atoms. The Kier molecular flexibility index (Phi) is 43.0. The summed E-state index contributed by atoms with van der Waals surface area (Å²) in [6.45, 7) is 1.43. The SMILES string of the molecule is CC#N.O=[N+]([O-])[O-].O=[N+]([O-])[O-].O=[N+]([O-])[O-].O=[N+]([O-])[O-].O=[N+]([O-])[O-].O=[N+]([O-])[O-].O=[N+]([O-])[O-].[La+3].c1ccc(-c2cccc(-c3cccc[nH+]3)n2)[nH+]c1.c1ccc(-c2cccc(-c3cccc[nH+]3)n2)[nH+]c1. The van der Waals surface area contributed by atoms with Crippen molar-refractivity contribution in [3.8, 4) is 51.6 Å². The van der Waals surface area contributed by atoms with Gasteiger partial charge in [0, 0.05) is 55.5 Å². The first-order chi connectivity index (χ1) is 31.4. The number of nitrogens with zero attached hydrogens (tertiary/aromatic N) is 10. The van der Waals surface area contributed by atoms with Gasteiger partial charge in [0.25, 0.3) is 0 Å². The van der Waals surface area contributed by atoms with Crippen LogP contribution < -0.4 is 19.9 Å². The third kappa shape index (κ3) is 50.3. The van der Waals surface area contributed by atoms with E-state index >= 15 is 0 Å². The Labute approximate surface area is 404 Å². The van der Waals surface area contributed by atoms with Crippen molar-refractivity contribution in [2.24, 2.45) is 0 Å². The van der Waals surface area contributed by atoms with E-state index in [1.807, 2.05) is 134 Å². The number of nitrogens with one attached hydrogen (secondary N) is 4. The van der Waals surface area contributed by atoms with Crippen molar-refractivity contribution < 1.29 is 91.1 Å². The van der Waals surface area contributed by atoms with Crippen LogP contribution in [0, 0.1) is 154 Å². The smallest absolute Gasteiger partial charge is 0.356 e. The summed E-state index contributed by atoms with van der Waals surface area (Å²) in [5.74, 6) is 0. The number of hydrogen-bond acceptors (Lipinski definition) is 24. The third-order valence-corrected chi connectivity index (χ3v) is 5.44. The van der Waals surface area contributed by atoms with Gasteiger partial charge in [0.15, 0.2) is 24.8 Å². The molecule has 0 aliphatic carbocycles. The van der Waals surface area contributed by atoms with Crippen LogP contribution in [0.5, 0.6) is 0 Å². The number of pyridine rings is 6. The van der Waals surface area contributed by atoms with E-state index in [2.05, 4.69) is 29.9 Å². The molecule has 0 atom stereocenters. The summed E-state index contributed by atoms with van der Waals surface area (Å²) in [5, 5.41) is 111. The molecule has 0 amide bonds. The van der Waals surface area contributed by atoms with Crippen molar-refractivity contribution in [2.75, 3.05) is 0 Å². The monoisotopic (exact) mass is 1080 g/mol. The van der Waals surface area contributed by atoms with Crippen molar-refractivity contribution in [3.05, 3.63) is 241 Å². The van der Waals surface area contributed by atoms with Crippen LogP contribution in [0.2, 0.25) is 0 Å². The molecule has 68 heavy (non-hydrogen) atoms. The zero-order chi connectivity index (χ0) is 52.2.